The van der Waals surface area contributed by atoms with Gasteiger partial charge in [0.25, 0.3) is 0 Å². The first kappa shape index (κ1) is 15.5. The second-order valence-electron chi connectivity index (χ2n) is 4.89. The number of aromatic carboxylic acids is 1. The number of piperidine rings is 1. The topological polar surface area (TPSA) is 121 Å². The van der Waals surface area contributed by atoms with Crippen LogP contribution in [0, 0.1) is 5.92 Å². The Bertz CT molecular complexity index is 646. The van der Waals surface area contributed by atoms with E-state index in [4.69, 9.17) is 5.73 Å². The number of primary amides is 1. The van der Waals surface area contributed by atoms with E-state index in [9.17, 15) is 23.1 Å². The molecule has 2 N–H and O–H groups in total. The number of nitrogens with two attached hydrogens (primary N) is 1. The van der Waals surface area contributed by atoms with Crippen LogP contribution in [0.1, 0.15) is 23.2 Å². The first-order valence-electron chi connectivity index (χ1n) is 6.43. The van der Waals surface area contributed by atoms with Crippen molar-refractivity contribution in [3.05, 3.63) is 29.8 Å². The fourth-order valence-electron chi connectivity index (χ4n) is 2.29. The molecule has 1 heterocycles. The summed E-state index contributed by atoms with van der Waals surface area (Å²) >= 11 is 0. The van der Waals surface area contributed by atoms with Gasteiger partial charge in [-0.2, -0.15) is 4.31 Å². The molecule has 0 spiro atoms. The highest BCUT2D eigenvalue weighted by Gasteiger charge is 2.31. The van der Waals surface area contributed by atoms with Crippen molar-refractivity contribution in [2.75, 3.05) is 13.1 Å². The zero-order valence-electron chi connectivity index (χ0n) is 11.2. The van der Waals surface area contributed by atoms with Crippen molar-refractivity contribution in [1.82, 2.24) is 4.31 Å². The Morgan fingerprint density at radius 2 is 1.67 bits per heavy atom. The van der Waals surface area contributed by atoms with Crippen LogP contribution in [0.2, 0.25) is 0 Å². The predicted molar refractivity (Wildman–Crippen MR) is 71.4 cm³/mol. The minimum atomic E-state index is -3.69. The number of carbonyl (C=O) groups is 2. The van der Waals surface area contributed by atoms with E-state index in [0.717, 1.165) is 0 Å². The number of rotatable bonds is 4. The quantitative estimate of drug-likeness (QED) is 0.759. The number of carboxylic acids is 1. The lowest BCUT2D eigenvalue weighted by molar-refractivity contribution is -0.255. The number of nitrogens with zero attached hydrogens (tertiary/aromatic N) is 1. The molecule has 0 unspecified atom stereocenters. The summed E-state index contributed by atoms with van der Waals surface area (Å²) in [6, 6.07) is 4.86. The minimum Gasteiger partial charge on any atom is -0.545 e. The second kappa shape index (κ2) is 5.82. The molecule has 1 aromatic carbocycles. The molecular formula is C13H15N2O5S-. The van der Waals surface area contributed by atoms with Gasteiger partial charge in [0.05, 0.1) is 10.9 Å². The van der Waals surface area contributed by atoms with Crippen LogP contribution in [0.3, 0.4) is 0 Å². The Labute approximate surface area is 122 Å². The van der Waals surface area contributed by atoms with E-state index < -0.39 is 21.9 Å². The number of amides is 1. The van der Waals surface area contributed by atoms with E-state index in [1.807, 2.05) is 0 Å². The number of hydrogen-bond acceptors (Lipinski definition) is 5. The average Bonchev–Trinajstić information content (AvgIpc) is 2.47. The molecule has 1 aliphatic rings. The standard InChI is InChI=1S/C13H16N2O5S/c14-12(16)9-5-7-15(8-6-9)21(19,20)11-3-1-10(2-4-11)13(17)18/h1-4,9H,5-8H2,(H2,14,16)(H,17,18)/p-1. The highest BCUT2D eigenvalue weighted by molar-refractivity contribution is 7.89. The van der Waals surface area contributed by atoms with E-state index in [2.05, 4.69) is 0 Å². The molecule has 1 aliphatic heterocycles. The smallest absolute Gasteiger partial charge is 0.243 e. The number of benzene rings is 1. The number of sulfonamides is 1. The van der Waals surface area contributed by atoms with Crippen molar-refractivity contribution in [3.8, 4) is 0 Å². The zero-order chi connectivity index (χ0) is 15.6. The molecule has 114 valence electrons. The van der Waals surface area contributed by atoms with Gasteiger partial charge in [-0.1, -0.05) is 12.1 Å². The maximum absolute atomic E-state index is 12.4. The van der Waals surface area contributed by atoms with Crippen LogP contribution in [0.15, 0.2) is 29.2 Å². The number of hydrogen-bond donors (Lipinski definition) is 1. The Balaban J connectivity index is 2.15. The van der Waals surface area contributed by atoms with Gasteiger partial charge >= 0.3 is 0 Å². The molecule has 0 aromatic heterocycles. The summed E-state index contributed by atoms with van der Waals surface area (Å²) in [5.41, 5.74) is 5.13. The zero-order valence-corrected chi connectivity index (χ0v) is 12.0. The van der Waals surface area contributed by atoms with Crippen molar-refractivity contribution in [2.24, 2.45) is 11.7 Å². The fourth-order valence-corrected chi connectivity index (χ4v) is 3.76. The van der Waals surface area contributed by atoms with Crippen LogP contribution in [0.5, 0.6) is 0 Å². The molecule has 2 rings (SSSR count). The van der Waals surface area contributed by atoms with Gasteiger partial charge in [0.1, 0.15) is 0 Å². The Hall–Kier alpha value is -1.93. The first-order valence-corrected chi connectivity index (χ1v) is 7.87. The molecule has 0 aliphatic carbocycles. The predicted octanol–water partition coefficient (Wildman–Crippen LogP) is -1.06. The minimum absolute atomic E-state index is 0.0185. The summed E-state index contributed by atoms with van der Waals surface area (Å²) in [5, 5.41) is 10.6. The van der Waals surface area contributed by atoms with E-state index in [1.54, 1.807) is 0 Å². The first-order chi connectivity index (χ1) is 9.82. The largest absolute Gasteiger partial charge is 0.545 e. The highest BCUT2D eigenvalue weighted by Crippen LogP contribution is 2.23. The molecule has 7 nitrogen and oxygen atoms in total. The molecule has 1 aromatic rings. The molecule has 0 radical (unpaired) electrons. The second-order valence-corrected chi connectivity index (χ2v) is 6.83. The molecule has 1 saturated heterocycles. The molecule has 0 atom stereocenters. The lowest BCUT2D eigenvalue weighted by Crippen LogP contribution is -2.41. The third kappa shape index (κ3) is 3.22. The summed E-state index contributed by atoms with van der Waals surface area (Å²) in [4.78, 5) is 21.7. The SMILES string of the molecule is NC(=O)C1CCN(S(=O)(=O)c2ccc(C(=O)[O-])cc2)CC1. The van der Waals surface area contributed by atoms with Crippen molar-refractivity contribution >= 4 is 21.9 Å². The maximum atomic E-state index is 12.4. The summed E-state index contributed by atoms with van der Waals surface area (Å²) in [5.74, 6) is -2.07. The van der Waals surface area contributed by atoms with Crippen LogP contribution in [-0.2, 0) is 14.8 Å². The van der Waals surface area contributed by atoms with E-state index in [1.165, 1.54) is 28.6 Å². The normalized spacial score (nSPS) is 17.5. The van der Waals surface area contributed by atoms with Gasteiger partial charge in [0.2, 0.25) is 15.9 Å². The molecule has 0 saturated carbocycles. The van der Waals surface area contributed by atoms with Crippen LogP contribution in [0.25, 0.3) is 0 Å². The van der Waals surface area contributed by atoms with Crippen LogP contribution >= 0.6 is 0 Å². The van der Waals surface area contributed by atoms with Gasteiger partial charge in [0.15, 0.2) is 0 Å². The Morgan fingerprint density at radius 1 is 1.14 bits per heavy atom. The molecular weight excluding hydrogens is 296 g/mol. The van der Waals surface area contributed by atoms with Gasteiger partial charge < -0.3 is 15.6 Å². The van der Waals surface area contributed by atoms with Gasteiger partial charge in [-0.05, 0) is 30.5 Å². The van der Waals surface area contributed by atoms with Gasteiger partial charge in [-0.15, -0.1) is 0 Å². The molecule has 1 fully saturated rings. The Kier molecular flexibility index (Phi) is 4.29. The lowest BCUT2D eigenvalue weighted by Gasteiger charge is -2.29. The van der Waals surface area contributed by atoms with E-state index in [0.29, 0.717) is 12.8 Å². The third-order valence-electron chi connectivity index (χ3n) is 3.58. The summed E-state index contributed by atoms with van der Waals surface area (Å²) in [6.45, 7) is 0.441. The monoisotopic (exact) mass is 311 g/mol. The third-order valence-corrected chi connectivity index (χ3v) is 5.50. The molecule has 8 heteroatoms. The van der Waals surface area contributed by atoms with Gasteiger partial charge in [-0.3, -0.25) is 4.79 Å². The van der Waals surface area contributed by atoms with Crippen LogP contribution in [0.4, 0.5) is 0 Å². The summed E-state index contributed by atoms with van der Waals surface area (Å²) in [6.07, 6.45) is 0.789. The van der Waals surface area contributed by atoms with E-state index >= 15 is 0 Å². The lowest BCUT2D eigenvalue weighted by atomic mass is 9.98. The van der Waals surface area contributed by atoms with Gasteiger partial charge in [-0.25, -0.2) is 8.42 Å². The molecule has 21 heavy (non-hydrogen) atoms. The van der Waals surface area contributed by atoms with Crippen molar-refractivity contribution < 1.29 is 23.1 Å². The van der Waals surface area contributed by atoms with Crippen molar-refractivity contribution in [1.29, 1.82) is 0 Å². The number of carbonyl (C=O) groups excluding carboxylic acids is 2. The van der Waals surface area contributed by atoms with E-state index in [-0.39, 0.29) is 29.5 Å². The van der Waals surface area contributed by atoms with Crippen molar-refractivity contribution in [2.45, 2.75) is 17.7 Å². The van der Waals surface area contributed by atoms with Crippen LogP contribution < -0.4 is 10.8 Å². The average molecular weight is 311 g/mol. The Morgan fingerprint density at radius 3 is 2.10 bits per heavy atom. The highest BCUT2D eigenvalue weighted by atomic mass is 32.2. The number of carboxylic acid groups (broad SMARTS) is 1. The summed E-state index contributed by atoms with van der Waals surface area (Å²) < 4.78 is 26.1. The fraction of sp³-hybridized carbons (Fsp3) is 0.385. The van der Waals surface area contributed by atoms with Crippen LogP contribution in [-0.4, -0.2) is 37.7 Å². The van der Waals surface area contributed by atoms with Gasteiger partial charge in [0, 0.05) is 19.0 Å². The summed E-state index contributed by atoms with van der Waals surface area (Å²) in [7, 11) is -3.69. The molecule has 1 amide bonds. The van der Waals surface area contributed by atoms with Crippen molar-refractivity contribution in [3.63, 3.8) is 0 Å². The molecule has 0 bridgehead atoms. The maximum Gasteiger partial charge on any atom is 0.243 e.